The highest BCUT2D eigenvalue weighted by Gasteiger charge is 2.33. The Morgan fingerprint density at radius 1 is 1.03 bits per heavy atom. The molecule has 3 nitrogen and oxygen atoms in total. The molecule has 2 aliphatic heterocycles. The summed E-state index contributed by atoms with van der Waals surface area (Å²) in [4.78, 5) is 7.33. The van der Waals surface area contributed by atoms with Crippen LogP contribution in [-0.4, -0.2) is 18.9 Å². The van der Waals surface area contributed by atoms with Gasteiger partial charge in [0.1, 0.15) is 17.0 Å². The molecule has 3 heterocycles. The second kappa shape index (κ2) is 5.96. The molecule has 0 saturated carbocycles. The Bertz CT molecular complexity index is 1310. The first-order chi connectivity index (χ1) is 14.1. The van der Waals surface area contributed by atoms with Gasteiger partial charge in [-0.05, 0) is 35.2 Å². The zero-order chi connectivity index (χ0) is 19.7. The van der Waals surface area contributed by atoms with Crippen molar-refractivity contribution >= 4 is 33.5 Å². The SMILES string of the molecule is CC(C)c1cc2c(oc3ccccc32)c2c1N1CCN=C1c1cccc(c1)C2C. The van der Waals surface area contributed by atoms with E-state index in [2.05, 4.69) is 80.3 Å². The van der Waals surface area contributed by atoms with Gasteiger partial charge in [-0.1, -0.05) is 57.2 Å². The summed E-state index contributed by atoms with van der Waals surface area (Å²) >= 11 is 0. The number of rotatable bonds is 1. The van der Waals surface area contributed by atoms with Crippen LogP contribution in [0.4, 0.5) is 5.69 Å². The van der Waals surface area contributed by atoms with Gasteiger partial charge in [-0.2, -0.15) is 0 Å². The number of hydrogen-bond donors (Lipinski definition) is 0. The normalized spacial score (nSPS) is 18.0. The van der Waals surface area contributed by atoms with E-state index < -0.39 is 0 Å². The van der Waals surface area contributed by atoms with Crippen LogP contribution in [0.25, 0.3) is 21.9 Å². The maximum Gasteiger partial charge on any atom is 0.141 e. The lowest BCUT2D eigenvalue weighted by Crippen LogP contribution is -2.32. The maximum absolute atomic E-state index is 6.51. The largest absolute Gasteiger partial charge is 0.456 e. The van der Waals surface area contributed by atoms with Crippen LogP contribution in [-0.2, 0) is 0 Å². The van der Waals surface area contributed by atoms with Crippen LogP contribution in [0.2, 0.25) is 0 Å². The average molecular weight is 380 g/mol. The first-order valence-electron chi connectivity index (χ1n) is 10.5. The lowest BCUT2D eigenvalue weighted by Gasteiger charge is -2.32. The van der Waals surface area contributed by atoms with Crippen molar-refractivity contribution in [2.24, 2.45) is 4.99 Å². The van der Waals surface area contributed by atoms with Gasteiger partial charge in [-0.25, -0.2) is 0 Å². The Morgan fingerprint density at radius 2 is 1.90 bits per heavy atom. The fraction of sp³-hybridized carbons (Fsp3) is 0.269. The minimum absolute atomic E-state index is 0.244. The van der Waals surface area contributed by atoms with Gasteiger partial charge in [0.2, 0.25) is 0 Å². The molecule has 2 bridgehead atoms. The highest BCUT2D eigenvalue weighted by atomic mass is 16.3. The summed E-state index contributed by atoms with van der Waals surface area (Å²) in [6, 6.07) is 19.7. The van der Waals surface area contributed by atoms with Crippen LogP contribution in [0, 0.1) is 0 Å². The van der Waals surface area contributed by atoms with E-state index in [-0.39, 0.29) is 5.92 Å². The van der Waals surface area contributed by atoms with Crippen molar-refractivity contribution in [3.05, 3.63) is 76.9 Å². The molecular weight excluding hydrogens is 356 g/mol. The molecule has 1 atom stereocenters. The summed E-state index contributed by atoms with van der Waals surface area (Å²) in [5.41, 5.74) is 8.51. The second-order valence-electron chi connectivity index (χ2n) is 8.56. The number of furan rings is 1. The summed E-state index contributed by atoms with van der Waals surface area (Å²) in [6.45, 7) is 8.65. The van der Waals surface area contributed by atoms with Crippen LogP contribution in [0.3, 0.4) is 0 Å². The van der Waals surface area contributed by atoms with Gasteiger partial charge in [0.25, 0.3) is 0 Å². The second-order valence-corrected chi connectivity index (χ2v) is 8.56. The van der Waals surface area contributed by atoms with Crippen LogP contribution < -0.4 is 4.90 Å². The van der Waals surface area contributed by atoms with Crippen molar-refractivity contribution in [1.82, 2.24) is 0 Å². The number of para-hydroxylation sites is 1. The predicted molar refractivity (Wildman–Crippen MR) is 121 cm³/mol. The van der Waals surface area contributed by atoms with E-state index in [1.165, 1.54) is 38.7 Å². The van der Waals surface area contributed by atoms with Crippen LogP contribution >= 0.6 is 0 Å². The van der Waals surface area contributed by atoms with Gasteiger partial charge in [-0.15, -0.1) is 0 Å². The topological polar surface area (TPSA) is 28.7 Å². The molecule has 0 spiro atoms. The average Bonchev–Trinajstić information content (AvgIpc) is 3.36. The number of fused-ring (bicyclic) bond motifs is 10. The van der Waals surface area contributed by atoms with Gasteiger partial charge in [0, 0.05) is 34.4 Å². The summed E-state index contributed by atoms with van der Waals surface area (Å²) < 4.78 is 6.51. The molecular formula is C26H24N2O. The lowest BCUT2D eigenvalue weighted by atomic mass is 9.83. The Morgan fingerprint density at radius 3 is 2.76 bits per heavy atom. The molecule has 0 saturated heterocycles. The molecule has 0 aliphatic carbocycles. The quantitative estimate of drug-likeness (QED) is 0.380. The number of hydrogen-bond acceptors (Lipinski definition) is 3. The van der Waals surface area contributed by atoms with Gasteiger partial charge < -0.3 is 9.32 Å². The summed E-state index contributed by atoms with van der Waals surface area (Å²) in [7, 11) is 0. The number of amidine groups is 1. The molecule has 29 heavy (non-hydrogen) atoms. The van der Waals surface area contributed by atoms with Crippen molar-refractivity contribution in [3.8, 4) is 0 Å². The molecule has 6 rings (SSSR count). The van der Waals surface area contributed by atoms with Gasteiger partial charge >= 0.3 is 0 Å². The zero-order valence-corrected chi connectivity index (χ0v) is 17.1. The third kappa shape index (κ3) is 2.27. The number of nitrogens with zero attached hydrogens (tertiary/aromatic N) is 2. The van der Waals surface area contributed by atoms with E-state index in [1.54, 1.807) is 0 Å². The Labute approximate surface area is 170 Å². The Balaban J connectivity index is 1.81. The van der Waals surface area contributed by atoms with Crippen LogP contribution in [0.15, 0.2) is 64.0 Å². The van der Waals surface area contributed by atoms with E-state index in [9.17, 15) is 0 Å². The van der Waals surface area contributed by atoms with Gasteiger partial charge in [0.05, 0.1) is 12.2 Å². The molecule has 0 fully saturated rings. The third-order valence-corrected chi connectivity index (χ3v) is 6.52. The molecule has 1 unspecified atom stereocenters. The minimum Gasteiger partial charge on any atom is -0.456 e. The number of benzene rings is 3. The molecule has 3 aromatic carbocycles. The maximum atomic E-state index is 6.51. The van der Waals surface area contributed by atoms with Gasteiger partial charge in [0.15, 0.2) is 0 Å². The smallest absolute Gasteiger partial charge is 0.141 e. The van der Waals surface area contributed by atoms with Crippen molar-refractivity contribution in [2.75, 3.05) is 18.0 Å². The van der Waals surface area contributed by atoms with E-state index >= 15 is 0 Å². The van der Waals surface area contributed by atoms with E-state index in [4.69, 9.17) is 9.41 Å². The Kier molecular flexibility index (Phi) is 3.46. The zero-order valence-electron chi connectivity index (χ0n) is 17.1. The first-order valence-corrected chi connectivity index (χ1v) is 10.5. The number of aliphatic imine (C=N–C) groups is 1. The molecule has 144 valence electrons. The number of anilines is 1. The van der Waals surface area contributed by atoms with Crippen molar-refractivity contribution in [2.45, 2.75) is 32.6 Å². The fourth-order valence-corrected chi connectivity index (χ4v) is 5.06. The summed E-state index contributed by atoms with van der Waals surface area (Å²) in [5.74, 6) is 1.75. The third-order valence-electron chi connectivity index (χ3n) is 6.52. The summed E-state index contributed by atoms with van der Waals surface area (Å²) in [6.07, 6.45) is 0. The van der Waals surface area contributed by atoms with E-state index in [0.717, 1.165) is 30.1 Å². The Hall–Kier alpha value is -3.07. The predicted octanol–water partition coefficient (Wildman–Crippen LogP) is 6.44. The van der Waals surface area contributed by atoms with E-state index in [0.29, 0.717) is 5.92 Å². The van der Waals surface area contributed by atoms with Crippen LogP contribution in [0.1, 0.15) is 54.9 Å². The minimum atomic E-state index is 0.244. The molecule has 2 aliphatic rings. The molecule has 4 aromatic rings. The van der Waals surface area contributed by atoms with E-state index in [1.807, 2.05) is 0 Å². The van der Waals surface area contributed by atoms with Crippen LogP contribution in [0.5, 0.6) is 0 Å². The summed E-state index contributed by atoms with van der Waals surface area (Å²) in [5, 5.41) is 2.43. The molecule has 0 amide bonds. The van der Waals surface area contributed by atoms with Crippen molar-refractivity contribution in [3.63, 3.8) is 0 Å². The van der Waals surface area contributed by atoms with Crippen molar-refractivity contribution in [1.29, 1.82) is 0 Å². The highest BCUT2D eigenvalue weighted by Crippen LogP contribution is 2.47. The fourth-order valence-electron chi connectivity index (χ4n) is 5.06. The molecule has 0 radical (unpaired) electrons. The monoisotopic (exact) mass is 380 g/mol. The lowest BCUT2D eigenvalue weighted by molar-refractivity contribution is 0.658. The molecule has 0 N–H and O–H groups in total. The van der Waals surface area contributed by atoms with Gasteiger partial charge in [-0.3, -0.25) is 4.99 Å². The standard InChI is InChI=1S/C26H24N2O/c1-15(2)20-14-21-19-9-4-5-10-22(19)29-25(21)23-16(3)17-7-6-8-18(13-17)26-27-11-12-28(26)24(20)23/h4-10,13-16H,11-12H2,1-3H3. The highest BCUT2D eigenvalue weighted by molar-refractivity contribution is 6.15. The van der Waals surface area contributed by atoms with Crippen molar-refractivity contribution < 1.29 is 4.42 Å². The molecule has 1 aromatic heterocycles. The first kappa shape index (κ1) is 16.8. The molecule has 3 heteroatoms.